The second-order valence-corrected chi connectivity index (χ2v) is 3.25. The zero-order valence-corrected chi connectivity index (χ0v) is 8.47. The summed E-state index contributed by atoms with van der Waals surface area (Å²) in [6.07, 6.45) is 2.65. The molecule has 0 aliphatic heterocycles. The van der Waals surface area contributed by atoms with Crippen LogP contribution >= 0.6 is 0 Å². The molecule has 2 aromatic rings. The second-order valence-electron chi connectivity index (χ2n) is 3.25. The van der Waals surface area contributed by atoms with Crippen LogP contribution in [0.5, 0.6) is 5.88 Å². The van der Waals surface area contributed by atoms with Gasteiger partial charge < -0.3 is 4.74 Å². The Bertz CT molecular complexity index is 346. The normalized spacial score (nSPS) is 9.87. The van der Waals surface area contributed by atoms with E-state index in [9.17, 15) is 0 Å². The van der Waals surface area contributed by atoms with Crippen LogP contribution in [0.2, 0.25) is 0 Å². The first-order chi connectivity index (χ1) is 7.45. The molecule has 0 atom stereocenters. The van der Waals surface area contributed by atoms with Crippen LogP contribution in [0.25, 0.3) is 0 Å². The number of benzene rings is 1. The van der Waals surface area contributed by atoms with E-state index in [1.165, 1.54) is 5.56 Å². The molecule has 0 saturated heterocycles. The van der Waals surface area contributed by atoms with Crippen molar-refractivity contribution in [1.29, 1.82) is 0 Å². The molecule has 0 amide bonds. The zero-order chi connectivity index (χ0) is 10.3. The molecule has 1 aromatic carbocycles. The third-order valence-corrected chi connectivity index (χ3v) is 2.12. The van der Waals surface area contributed by atoms with Crippen molar-refractivity contribution in [3.8, 4) is 5.88 Å². The standard InChI is InChI=1S/C13H13NO/c1-2-6-12(7-3-1)9-11-15-13-8-4-5-10-14-13/h1-8,10H,9,11H2. The first-order valence-corrected chi connectivity index (χ1v) is 5.03. The lowest BCUT2D eigenvalue weighted by Crippen LogP contribution is -2.01. The lowest BCUT2D eigenvalue weighted by molar-refractivity contribution is 0.309. The Labute approximate surface area is 89.6 Å². The highest BCUT2D eigenvalue weighted by Crippen LogP contribution is 2.05. The lowest BCUT2D eigenvalue weighted by Gasteiger charge is -2.04. The summed E-state index contributed by atoms with van der Waals surface area (Å²) in [5, 5.41) is 0. The van der Waals surface area contributed by atoms with E-state index >= 15 is 0 Å². The number of nitrogens with zero attached hydrogens (tertiary/aromatic N) is 1. The van der Waals surface area contributed by atoms with Gasteiger partial charge in [-0.2, -0.15) is 0 Å². The summed E-state index contributed by atoms with van der Waals surface area (Å²) >= 11 is 0. The van der Waals surface area contributed by atoms with E-state index in [1.54, 1.807) is 6.20 Å². The van der Waals surface area contributed by atoms with Crippen LogP contribution in [0.3, 0.4) is 0 Å². The maximum absolute atomic E-state index is 5.50. The Kier molecular flexibility index (Phi) is 3.34. The van der Waals surface area contributed by atoms with Gasteiger partial charge in [-0.05, 0) is 11.6 Å². The molecule has 2 nitrogen and oxygen atoms in total. The van der Waals surface area contributed by atoms with Gasteiger partial charge in [-0.3, -0.25) is 0 Å². The van der Waals surface area contributed by atoms with E-state index in [0.717, 1.165) is 6.42 Å². The fraction of sp³-hybridized carbons (Fsp3) is 0.154. The monoisotopic (exact) mass is 199 g/mol. The molecule has 0 aliphatic rings. The number of hydrogen-bond acceptors (Lipinski definition) is 2. The molecular weight excluding hydrogens is 186 g/mol. The molecule has 1 aromatic heterocycles. The molecule has 0 fully saturated rings. The van der Waals surface area contributed by atoms with Crippen LogP contribution in [0.4, 0.5) is 0 Å². The fourth-order valence-electron chi connectivity index (χ4n) is 1.35. The second kappa shape index (κ2) is 5.15. The van der Waals surface area contributed by atoms with Gasteiger partial charge in [0, 0.05) is 18.7 Å². The van der Waals surface area contributed by atoms with Gasteiger partial charge in [-0.1, -0.05) is 36.4 Å². The van der Waals surface area contributed by atoms with Gasteiger partial charge in [0.05, 0.1) is 6.61 Å². The third kappa shape index (κ3) is 3.09. The number of ether oxygens (including phenoxy) is 1. The van der Waals surface area contributed by atoms with Gasteiger partial charge in [0.1, 0.15) is 0 Å². The molecule has 0 spiro atoms. The highest BCUT2D eigenvalue weighted by atomic mass is 16.5. The number of pyridine rings is 1. The van der Waals surface area contributed by atoms with Gasteiger partial charge >= 0.3 is 0 Å². The van der Waals surface area contributed by atoms with Gasteiger partial charge in [0.15, 0.2) is 0 Å². The first kappa shape index (κ1) is 9.71. The van der Waals surface area contributed by atoms with Crippen molar-refractivity contribution in [3.05, 3.63) is 60.3 Å². The van der Waals surface area contributed by atoms with E-state index in [-0.39, 0.29) is 0 Å². The van der Waals surface area contributed by atoms with Crippen LogP contribution < -0.4 is 4.74 Å². The molecule has 0 aliphatic carbocycles. The predicted molar refractivity (Wildman–Crippen MR) is 59.9 cm³/mol. The molecule has 0 bridgehead atoms. The maximum atomic E-state index is 5.50. The molecule has 0 saturated carbocycles. The summed E-state index contributed by atoms with van der Waals surface area (Å²) in [5.41, 5.74) is 1.29. The molecule has 15 heavy (non-hydrogen) atoms. The van der Waals surface area contributed by atoms with Crippen molar-refractivity contribution >= 4 is 0 Å². The number of rotatable bonds is 4. The molecule has 0 radical (unpaired) electrons. The predicted octanol–water partition coefficient (Wildman–Crippen LogP) is 2.70. The van der Waals surface area contributed by atoms with E-state index in [2.05, 4.69) is 17.1 Å². The minimum absolute atomic E-state index is 0.668. The lowest BCUT2D eigenvalue weighted by atomic mass is 10.2. The first-order valence-electron chi connectivity index (χ1n) is 5.03. The van der Waals surface area contributed by atoms with E-state index in [0.29, 0.717) is 12.5 Å². The summed E-state index contributed by atoms with van der Waals surface area (Å²) in [4.78, 5) is 4.09. The Hall–Kier alpha value is -1.83. The van der Waals surface area contributed by atoms with E-state index in [4.69, 9.17) is 4.74 Å². The van der Waals surface area contributed by atoms with Gasteiger partial charge in [0.2, 0.25) is 5.88 Å². The molecule has 1 heterocycles. The summed E-state index contributed by atoms with van der Waals surface area (Å²) in [5.74, 6) is 0.688. The number of hydrogen-bond donors (Lipinski definition) is 0. The van der Waals surface area contributed by atoms with Gasteiger partial charge in [0.25, 0.3) is 0 Å². The smallest absolute Gasteiger partial charge is 0.213 e. The molecule has 2 rings (SSSR count). The molecule has 76 valence electrons. The van der Waals surface area contributed by atoms with Crippen molar-refractivity contribution in [2.45, 2.75) is 6.42 Å². The van der Waals surface area contributed by atoms with Crippen molar-refractivity contribution in [3.63, 3.8) is 0 Å². The van der Waals surface area contributed by atoms with Crippen LogP contribution in [-0.2, 0) is 6.42 Å². The minimum atomic E-state index is 0.668. The average Bonchev–Trinajstić information content (AvgIpc) is 2.32. The summed E-state index contributed by atoms with van der Waals surface area (Å²) in [6, 6.07) is 16.0. The topological polar surface area (TPSA) is 22.1 Å². The molecule has 2 heteroatoms. The van der Waals surface area contributed by atoms with Crippen LogP contribution in [-0.4, -0.2) is 11.6 Å². The summed E-state index contributed by atoms with van der Waals surface area (Å²) in [6.45, 7) is 0.668. The Balaban J connectivity index is 1.81. The van der Waals surface area contributed by atoms with Crippen LogP contribution in [0.15, 0.2) is 54.7 Å². The van der Waals surface area contributed by atoms with Gasteiger partial charge in [-0.15, -0.1) is 0 Å². The minimum Gasteiger partial charge on any atom is -0.477 e. The molecule has 0 N–H and O–H groups in total. The van der Waals surface area contributed by atoms with Crippen molar-refractivity contribution in [2.24, 2.45) is 0 Å². The average molecular weight is 199 g/mol. The zero-order valence-electron chi connectivity index (χ0n) is 8.47. The van der Waals surface area contributed by atoms with Gasteiger partial charge in [-0.25, -0.2) is 4.98 Å². The van der Waals surface area contributed by atoms with E-state index < -0.39 is 0 Å². The molecule has 0 unspecified atom stereocenters. The largest absolute Gasteiger partial charge is 0.477 e. The van der Waals surface area contributed by atoms with Crippen molar-refractivity contribution in [1.82, 2.24) is 4.98 Å². The van der Waals surface area contributed by atoms with Crippen LogP contribution in [0.1, 0.15) is 5.56 Å². The fourth-order valence-corrected chi connectivity index (χ4v) is 1.35. The molecular formula is C13H13NO. The Morgan fingerprint density at radius 3 is 2.47 bits per heavy atom. The Morgan fingerprint density at radius 1 is 0.933 bits per heavy atom. The summed E-state index contributed by atoms with van der Waals surface area (Å²) in [7, 11) is 0. The highest BCUT2D eigenvalue weighted by molar-refractivity contribution is 5.15. The SMILES string of the molecule is c1ccc(CCOc2ccccn2)cc1. The van der Waals surface area contributed by atoms with Crippen molar-refractivity contribution in [2.75, 3.05) is 6.61 Å². The quantitative estimate of drug-likeness (QED) is 0.755. The van der Waals surface area contributed by atoms with Crippen molar-refractivity contribution < 1.29 is 4.74 Å². The van der Waals surface area contributed by atoms with Crippen LogP contribution in [0, 0.1) is 0 Å². The highest BCUT2D eigenvalue weighted by Gasteiger charge is 1.94. The number of aromatic nitrogens is 1. The maximum Gasteiger partial charge on any atom is 0.213 e. The Morgan fingerprint density at radius 2 is 1.73 bits per heavy atom. The third-order valence-electron chi connectivity index (χ3n) is 2.12. The summed E-state index contributed by atoms with van der Waals surface area (Å²) < 4.78 is 5.50. The van der Waals surface area contributed by atoms with E-state index in [1.807, 2.05) is 36.4 Å².